The summed E-state index contributed by atoms with van der Waals surface area (Å²) >= 11 is 6.17. The highest BCUT2D eigenvalue weighted by Crippen LogP contribution is 2.32. The molecule has 0 radical (unpaired) electrons. The van der Waals surface area contributed by atoms with Gasteiger partial charge in [0.1, 0.15) is 0 Å². The topological polar surface area (TPSA) is 35.6 Å². The van der Waals surface area contributed by atoms with Crippen LogP contribution in [0.4, 0.5) is 0 Å². The monoisotopic (exact) mass is 381 g/mol. The first kappa shape index (κ1) is 18.1. The Kier molecular flexibility index (Phi) is 5.19. The highest BCUT2D eigenvalue weighted by molar-refractivity contribution is 6.30. The van der Waals surface area contributed by atoms with Crippen molar-refractivity contribution in [2.45, 2.75) is 13.3 Å². The van der Waals surface area contributed by atoms with Crippen LogP contribution >= 0.6 is 11.6 Å². The average molecular weight is 382 g/mol. The molecule has 1 amide bonds. The van der Waals surface area contributed by atoms with E-state index in [2.05, 4.69) is 35.4 Å². The molecule has 3 heterocycles. The van der Waals surface area contributed by atoms with Crippen LogP contribution in [0.1, 0.15) is 18.9 Å². The first-order valence-corrected chi connectivity index (χ1v) is 9.86. The first-order chi connectivity index (χ1) is 13.1. The molecule has 1 saturated heterocycles. The molecule has 0 saturated carbocycles. The van der Waals surface area contributed by atoms with Crippen LogP contribution in [-0.4, -0.2) is 41.9 Å². The third-order valence-electron chi connectivity index (χ3n) is 5.33. The fraction of sp³-hybridized carbons (Fsp3) is 0.318. The highest BCUT2D eigenvalue weighted by Gasteiger charge is 2.24. The number of hydrogen-bond acceptors (Lipinski definition) is 3. The van der Waals surface area contributed by atoms with E-state index in [9.17, 15) is 4.79 Å². The zero-order valence-electron chi connectivity index (χ0n) is 15.5. The molecule has 4 rings (SSSR count). The van der Waals surface area contributed by atoms with Gasteiger partial charge in [-0.2, -0.15) is 0 Å². The molecule has 1 N–H and O–H groups in total. The first-order valence-electron chi connectivity index (χ1n) is 9.48. The minimum atomic E-state index is -0.0141. The fourth-order valence-corrected chi connectivity index (χ4v) is 3.96. The Balaban J connectivity index is 1.66. The number of carbonyl (C=O) groups is 1. The van der Waals surface area contributed by atoms with E-state index in [1.54, 1.807) is 11.0 Å². The van der Waals surface area contributed by atoms with Crippen molar-refractivity contribution in [3.05, 3.63) is 76.7 Å². The zero-order valence-corrected chi connectivity index (χ0v) is 16.2. The van der Waals surface area contributed by atoms with E-state index in [4.69, 9.17) is 11.6 Å². The lowest BCUT2D eigenvalue weighted by atomic mass is 9.89. The van der Waals surface area contributed by atoms with Crippen LogP contribution in [0, 0.1) is 5.92 Å². The molecule has 0 aliphatic carbocycles. The van der Waals surface area contributed by atoms with Crippen LogP contribution in [0.25, 0.3) is 5.57 Å². The van der Waals surface area contributed by atoms with Gasteiger partial charge in [-0.3, -0.25) is 9.69 Å². The summed E-state index contributed by atoms with van der Waals surface area (Å²) in [4.78, 5) is 17.2. The Hall–Kier alpha value is -2.30. The van der Waals surface area contributed by atoms with Crippen LogP contribution in [0.15, 0.2) is 66.2 Å². The number of nitrogens with one attached hydrogen (secondary N) is 1. The molecular weight excluding hydrogens is 358 g/mol. The molecule has 1 aromatic carbocycles. The number of halogens is 1. The Bertz CT molecular complexity index is 862. The van der Waals surface area contributed by atoms with Gasteiger partial charge in [0.25, 0.3) is 5.91 Å². The van der Waals surface area contributed by atoms with E-state index in [1.807, 2.05) is 30.5 Å². The average Bonchev–Trinajstić information content (AvgIpc) is 2.69. The molecule has 0 aromatic heterocycles. The van der Waals surface area contributed by atoms with Gasteiger partial charge in [0.2, 0.25) is 0 Å². The van der Waals surface area contributed by atoms with E-state index in [1.165, 1.54) is 0 Å². The summed E-state index contributed by atoms with van der Waals surface area (Å²) in [5, 5.41) is 4.05. The summed E-state index contributed by atoms with van der Waals surface area (Å²) in [7, 11) is 0. The van der Waals surface area contributed by atoms with Gasteiger partial charge >= 0.3 is 0 Å². The molecule has 4 nitrogen and oxygen atoms in total. The van der Waals surface area contributed by atoms with Crippen molar-refractivity contribution >= 4 is 23.1 Å². The van der Waals surface area contributed by atoms with E-state index < -0.39 is 0 Å². The van der Waals surface area contributed by atoms with E-state index in [-0.39, 0.29) is 11.8 Å². The van der Waals surface area contributed by atoms with Crippen LogP contribution < -0.4 is 5.32 Å². The fourth-order valence-electron chi connectivity index (χ4n) is 3.77. The lowest BCUT2D eigenvalue weighted by molar-refractivity contribution is -0.122. The molecule has 3 aliphatic rings. The highest BCUT2D eigenvalue weighted by atomic mass is 35.5. The van der Waals surface area contributed by atoms with E-state index in [0.717, 1.165) is 55.1 Å². The molecule has 27 heavy (non-hydrogen) atoms. The van der Waals surface area contributed by atoms with E-state index in [0.29, 0.717) is 5.02 Å². The van der Waals surface area contributed by atoms with Gasteiger partial charge in [0.05, 0.1) is 5.70 Å². The lowest BCUT2D eigenvalue weighted by Gasteiger charge is -2.34. The maximum absolute atomic E-state index is 13.1. The molecule has 1 atom stereocenters. The third kappa shape index (κ3) is 3.87. The number of piperazine rings is 1. The number of fused-ring (bicyclic) bond motifs is 1. The Labute approximate surface area is 165 Å². The number of nitrogens with zero attached hydrogens (tertiary/aromatic N) is 2. The quantitative estimate of drug-likeness (QED) is 0.846. The summed E-state index contributed by atoms with van der Waals surface area (Å²) in [5.41, 5.74) is 4.09. The SMILES string of the molecule is CC1CC=C2C=CC(N3CCNCC3)=CN2C(=O)C=C1c1cccc(Cl)c1. The molecule has 140 valence electrons. The van der Waals surface area contributed by atoms with E-state index >= 15 is 0 Å². The Morgan fingerprint density at radius 3 is 2.70 bits per heavy atom. The molecular formula is C22H24ClN3O. The minimum absolute atomic E-state index is 0.0141. The smallest absolute Gasteiger partial charge is 0.255 e. The molecule has 1 fully saturated rings. The standard InChI is InChI=1S/C22H24ClN3O/c1-16-5-6-19-7-8-20(25-11-9-24-10-12-25)15-26(19)22(27)14-21(16)17-3-2-4-18(23)13-17/h2-4,6-8,13-16,24H,5,9-12H2,1H3. The van der Waals surface area contributed by atoms with Gasteiger partial charge in [-0.15, -0.1) is 0 Å². The summed E-state index contributed by atoms with van der Waals surface area (Å²) in [5.74, 6) is 0.230. The molecule has 0 bridgehead atoms. The summed E-state index contributed by atoms with van der Waals surface area (Å²) in [6.07, 6.45) is 10.9. The van der Waals surface area contributed by atoms with Gasteiger partial charge in [-0.05, 0) is 47.8 Å². The second-order valence-corrected chi connectivity index (χ2v) is 7.64. The van der Waals surface area contributed by atoms with Crippen molar-refractivity contribution < 1.29 is 4.79 Å². The molecule has 1 aromatic rings. The number of carbonyl (C=O) groups excluding carboxylic acids is 1. The van der Waals surface area contributed by atoms with Gasteiger partial charge in [0, 0.05) is 49.2 Å². The summed E-state index contributed by atoms with van der Waals surface area (Å²) < 4.78 is 0. The zero-order chi connectivity index (χ0) is 18.8. The van der Waals surface area contributed by atoms with Gasteiger partial charge in [0.15, 0.2) is 0 Å². The van der Waals surface area contributed by atoms with Gasteiger partial charge < -0.3 is 10.2 Å². The number of rotatable bonds is 2. The molecule has 5 heteroatoms. The second kappa shape index (κ2) is 7.75. The number of hydrogen-bond donors (Lipinski definition) is 1. The number of allylic oxidation sites excluding steroid dienone is 4. The largest absolute Gasteiger partial charge is 0.368 e. The molecule has 3 aliphatic heterocycles. The van der Waals surface area contributed by atoms with Crippen molar-refractivity contribution in [2.24, 2.45) is 5.92 Å². The normalized spacial score (nSPS) is 23.1. The maximum atomic E-state index is 13.1. The Morgan fingerprint density at radius 2 is 1.93 bits per heavy atom. The number of benzene rings is 1. The predicted molar refractivity (Wildman–Crippen MR) is 110 cm³/mol. The minimum Gasteiger partial charge on any atom is -0.368 e. The van der Waals surface area contributed by atoms with Crippen molar-refractivity contribution in [2.75, 3.05) is 26.2 Å². The lowest BCUT2D eigenvalue weighted by Crippen LogP contribution is -2.43. The number of amides is 1. The molecule has 1 unspecified atom stereocenters. The summed E-state index contributed by atoms with van der Waals surface area (Å²) in [6, 6.07) is 7.74. The van der Waals surface area contributed by atoms with Crippen LogP contribution in [0.3, 0.4) is 0 Å². The predicted octanol–water partition coefficient (Wildman–Crippen LogP) is 3.79. The van der Waals surface area contributed by atoms with Gasteiger partial charge in [-0.25, -0.2) is 0 Å². The second-order valence-electron chi connectivity index (χ2n) is 7.21. The van der Waals surface area contributed by atoms with Crippen molar-refractivity contribution in [1.29, 1.82) is 0 Å². The van der Waals surface area contributed by atoms with Crippen LogP contribution in [-0.2, 0) is 4.79 Å². The molecule has 0 spiro atoms. The van der Waals surface area contributed by atoms with Gasteiger partial charge in [-0.1, -0.05) is 36.7 Å². The van der Waals surface area contributed by atoms with Crippen LogP contribution in [0.5, 0.6) is 0 Å². The summed E-state index contributed by atoms with van der Waals surface area (Å²) in [6.45, 7) is 6.01. The third-order valence-corrected chi connectivity index (χ3v) is 5.57. The Morgan fingerprint density at radius 1 is 1.15 bits per heavy atom. The van der Waals surface area contributed by atoms with Crippen LogP contribution in [0.2, 0.25) is 5.02 Å². The van der Waals surface area contributed by atoms with Crippen molar-refractivity contribution in [1.82, 2.24) is 15.1 Å². The maximum Gasteiger partial charge on any atom is 0.255 e. The van der Waals surface area contributed by atoms with Crippen molar-refractivity contribution in [3.63, 3.8) is 0 Å². The van der Waals surface area contributed by atoms with Crippen molar-refractivity contribution in [3.8, 4) is 0 Å².